The summed E-state index contributed by atoms with van der Waals surface area (Å²) in [4.78, 5) is 32.7. The van der Waals surface area contributed by atoms with E-state index in [-0.39, 0.29) is 11.5 Å². The van der Waals surface area contributed by atoms with E-state index in [9.17, 15) is 25.0 Å². The number of nitrogens with zero attached hydrogens (tertiary/aromatic N) is 3. The summed E-state index contributed by atoms with van der Waals surface area (Å²) < 4.78 is 6.34. The van der Waals surface area contributed by atoms with Crippen molar-refractivity contribution < 1.29 is 19.4 Å². The Hall–Kier alpha value is -3.58. The van der Waals surface area contributed by atoms with Crippen molar-refractivity contribution >= 4 is 57.7 Å². The molecule has 3 aromatic carbocycles. The molecule has 3 rings (SSSR count). The number of nitro benzene ring substituents is 2. The Morgan fingerprint density at radius 3 is 2.41 bits per heavy atom. The fraction of sp³-hybridized carbons (Fsp3) is 0. The molecule has 0 fully saturated rings. The summed E-state index contributed by atoms with van der Waals surface area (Å²) in [6, 6.07) is 14.4. The monoisotopic (exact) mass is 566 g/mol. The van der Waals surface area contributed by atoms with E-state index < -0.39 is 27.1 Å². The number of halogens is 2. The molecule has 0 aromatic heterocycles. The number of carbonyl (C=O) groups excluding carboxylic acids is 1. The second kappa shape index (κ2) is 10.2. The van der Waals surface area contributed by atoms with Gasteiger partial charge in [-0.15, -0.1) is 0 Å². The van der Waals surface area contributed by atoms with Crippen molar-refractivity contribution in [1.29, 1.82) is 0 Å². The van der Waals surface area contributed by atoms with Gasteiger partial charge in [0.2, 0.25) is 5.75 Å². The minimum atomic E-state index is -0.758. The number of ether oxygens (including phenoxy) is 1. The molecule has 1 N–H and O–H groups in total. The molecule has 162 valence electrons. The van der Waals surface area contributed by atoms with Crippen LogP contribution in [-0.4, -0.2) is 22.0 Å². The van der Waals surface area contributed by atoms with Gasteiger partial charge >= 0.3 is 5.69 Å². The van der Waals surface area contributed by atoms with Gasteiger partial charge in [-0.3, -0.25) is 25.0 Å². The highest BCUT2D eigenvalue weighted by molar-refractivity contribution is 14.1. The smallest absolute Gasteiger partial charge is 0.318 e. The Kier molecular flexibility index (Phi) is 7.33. The van der Waals surface area contributed by atoms with Crippen LogP contribution in [0.4, 0.5) is 11.4 Å². The lowest BCUT2D eigenvalue weighted by molar-refractivity contribution is -0.394. The second-order valence-corrected chi connectivity index (χ2v) is 7.81. The van der Waals surface area contributed by atoms with E-state index in [1.807, 2.05) is 0 Å². The van der Waals surface area contributed by atoms with Crippen molar-refractivity contribution in [2.75, 3.05) is 0 Å². The molecule has 12 heteroatoms. The number of rotatable bonds is 7. The molecular formula is C20H12ClIN4O6. The number of hydrogen-bond acceptors (Lipinski definition) is 7. The Bertz CT molecular complexity index is 1230. The minimum absolute atomic E-state index is 0.136. The van der Waals surface area contributed by atoms with Crippen LogP contribution in [0.1, 0.15) is 15.9 Å². The molecule has 3 aromatic rings. The SMILES string of the molecule is O=C(N/N=C/c1ccc(Oc2ccc([N+](=O)[O-])cc2[N+](=O)[O-])cc1)c1cc(I)ccc1Cl. The van der Waals surface area contributed by atoms with E-state index in [1.165, 1.54) is 18.3 Å². The quantitative estimate of drug-likeness (QED) is 0.178. The Labute approximate surface area is 199 Å². The Morgan fingerprint density at radius 2 is 1.75 bits per heavy atom. The predicted octanol–water partition coefficient (Wildman–Crippen LogP) is 5.32. The van der Waals surface area contributed by atoms with E-state index >= 15 is 0 Å². The number of nitro groups is 2. The summed E-state index contributed by atoms with van der Waals surface area (Å²) in [6.07, 6.45) is 1.40. The summed E-state index contributed by atoms with van der Waals surface area (Å²) >= 11 is 8.09. The van der Waals surface area contributed by atoms with Crippen LogP contribution in [0.2, 0.25) is 5.02 Å². The van der Waals surface area contributed by atoms with Crippen molar-refractivity contribution in [3.63, 3.8) is 0 Å². The predicted molar refractivity (Wildman–Crippen MR) is 125 cm³/mol. The maximum Gasteiger partial charge on any atom is 0.318 e. The first-order chi connectivity index (χ1) is 15.2. The van der Waals surface area contributed by atoms with Gasteiger partial charge in [0.15, 0.2) is 0 Å². The van der Waals surface area contributed by atoms with E-state index in [4.69, 9.17) is 16.3 Å². The van der Waals surface area contributed by atoms with Crippen LogP contribution in [0.25, 0.3) is 0 Å². The lowest BCUT2D eigenvalue weighted by Gasteiger charge is -2.06. The molecule has 0 heterocycles. The number of hydrogen-bond donors (Lipinski definition) is 1. The number of hydrazone groups is 1. The fourth-order valence-electron chi connectivity index (χ4n) is 2.49. The molecule has 0 aliphatic carbocycles. The highest BCUT2D eigenvalue weighted by Crippen LogP contribution is 2.34. The fourth-order valence-corrected chi connectivity index (χ4v) is 3.19. The molecule has 0 radical (unpaired) electrons. The van der Waals surface area contributed by atoms with Crippen molar-refractivity contribution in [1.82, 2.24) is 5.43 Å². The number of nitrogens with one attached hydrogen (secondary N) is 1. The summed E-state index contributed by atoms with van der Waals surface area (Å²) in [7, 11) is 0. The van der Waals surface area contributed by atoms with Gasteiger partial charge in [0.05, 0.1) is 32.7 Å². The van der Waals surface area contributed by atoms with E-state index in [0.717, 1.165) is 21.8 Å². The average Bonchev–Trinajstić information content (AvgIpc) is 2.76. The first-order valence-electron chi connectivity index (χ1n) is 8.74. The topological polar surface area (TPSA) is 137 Å². The zero-order valence-electron chi connectivity index (χ0n) is 15.9. The van der Waals surface area contributed by atoms with Crippen LogP contribution < -0.4 is 10.2 Å². The van der Waals surface area contributed by atoms with Gasteiger partial charge in [0, 0.05) is 9.64 Å². The van der Waals surface area contributed by atoms with Gasteiger partial charge in [-0.05, 0) is 76.7 Å². The van der Waals surface area contributed by atoms with Crippen LogP contribution in [-0.2, 0) is 0 Å². The molecule has 0 spiro atoms. The lowest BCUT2D eigenvalue weighted by Crippen LogP contribution is -2.18. The minimum Gasteiger partial charge on any atom is -0.450 e. The van der Waals surface area contributed by atoms with Gasteiger partial charge < -0.3 is 4.74 Å². The maximum absolute atomic E-state index is 12.2. The molecule has 10 nitrogen and oxygen atoms in total. The van der Waals surface area contributed by atoms with Crippen LogP contribution >= 0.6 is 34.2 Å². The third kappa shape index (κ3) is 5.76. The van der Waals surface area contributed by atoms with Crippen molar-refractivity contribution in [3.8, 4) is 11.5 Å². The summed E-state index contributed by atoms with van der Waals surface area (Å²) in [5.74, 6) is -0.326. The molecular weight excluding hydrogens is 555 g/mol. The van der Waals surface area contributed by atoms with Crippen molar-refractivity contribution in [2.45, 2.75) is 0 Å². The van der Waals surface area contributed by atoms with Gasteiger partial charge in [-0.2, -0.15) is 5.10 Å². The highest BCUT2D eigenvalue weighted by atomic mass is 127. The molecule has 0 bridgehead atoms. The molecule has 32 heavy (non-hydrogen) atoms. The average molecular weight is 567 g/mol. The van der Waals surface area contributed by atoms with Crippen LogP contribution in [0.3, 0.4) is 0 Å². The number of carbonyl (C=O) groups is 1. The summed E-state index contributed by atoms with van der Waals surface area (Å²) in [5, 5.41) is 26.2. The van der Waals surface area contributed by atoms with Gasteiger partial charge in [0.25, 0.3) is 11.6 Å². The zero-order valence-corrected chi connectivity index (χ0v) is 18.8. The van der Waals surface area contributed by atoms with Crippen LogP contribution in [0, 0.1) is 23.8 Å². The zero-order chi connectivity index (χ0) is 23.3. The summed E-state index contributed by atoms with van der Waals surface area (Å²) in [6.45, 7) is 0. The Balaban J connectivity index is 1.68. The van der Waals surface area contributed by atoms with Gasteiger partial charge in [0.1, 0.15) is 5.75 Å². The molecule has 0 aliphatic rings. The standard InChI is InChI=1S/C20H12ClIN4O6/c21-17-7-3-13(22)9-16(17)20(27)24-23-11-12-1-5-15(6-2-12)32-19-8-4-14(25(28)29)10-18(19)26(30)31/h1-11H,(H,24,27)/b23-11+. The second-order valence-electron chi connectivity index (χ2n) is 6.16. The van der Waals surface area contributed by atoms with Crippen LogP contribution in [0.5, 0.6) is 11.5 Å². The molecule has 0 saturated carbocycles. The van der Waals surface area contributed by atoms with Crippen molar-refractivity contribution in [2.24, 2.45) is 5.10 Å². The van der Waals surface area contributed by atoms with Crippen molar-refractivity contribution in [3.05, 3.63) is 101 Å². The number of benzene rings is 3. The van der Waals surface area contributed by atoms with Gasteiger partial charge in [-0.25, -0.2) is 5.43 Å². The molecule has 0 saturated heterocycles. The third-order valence-corrected chi connectivity index (χ3v) is 5.01. The highest BCUT2D eigenvalue weighted by Gasteiger charge is 2.21. The first-order valence-corrected chi connectivity index (χ1v) is 10.2. The van der Waals surface area contributed by atoms with E-state index in [0.29, 0.717) is 16.1 Å². The Morgan fingerprint density at radius 1 is 1.03 bits per heavy atom. The lowest BCUT2D eigenvalue weighted by atomic mass is 10.2. The largest absolute Gasteiger partial charge is 0.450 e. The normalized spacial score (nSPS) is 10.7. The van der Waals surface area contributed by atoms with Gasteiger partial charge in [-0.1, -0.05) is 11.6 Å². The van der Waals surface area contributed by atoms with Crippen LogP contribution in [0.15, 0.2) is 65.8 Å². The molecule has 0 unspecified atom stereocenters. The molecule has 0 atom stereocenters. The van der Waals surface area contributed by atoms with E-state index in [1.54, 1.807) is 30.3 Å². The third-order valence-electron chi connectivity index (χ3n) is 4.01. The number of non-ortho nitro benzene ring substituents is 1. The maximum atomic E-state index is 12.2. The van der Waals surface area contributed by atoms with E-state index in [2.05, 4.69) is 33.1 Å². The molecule has 0 aliphatic heterocycles. The first kappa shape index (κ1) is 23.1. The molecule has 1 amide bonds. The number of amides is 1. The summed E-state index contributed by atoms with van der Waals surface area (Å²) in [5.41, 5.74) is 2.36.